The predicted molar refractivity (Wildman–Crippen MR) is 54.6 cm³/mol. The molecule has 7 nitrogen and oxygen atoms in total. The minimum atomic E-state index is -1.74. The van der Waals surface area contributed by atoms with Gasteiger partial charge in [0.2, 0.25) is 0 Å². The third-order valence-electron chi connectivity index (χ3n) is 2.00. The Labute approximate surface area is 96.2 Å². The number of carboxylic acid groups (broad SMARTS) is 1. The zero-order valence-electron chi connectivity index (χ0n) is 8.66. The number of hydroxylamine groups is 1. The van der Waals surface area contributed by atoms with Crippen molar-refractivity contribution in [2.45, 2.75) is 12.5 Å². The largest absolute Gasteiger partial charge is 0.513 e. The zero-order chi connectivity index (χ0) is 12.8. The summed E-state index contributed by atoms with van der Waals surface area (Å²) in [6.07, 6.45) is -1.70. The molecule has 0 aliphatic heterocycles. The van der Waals surface area contributed by atoms with Crippen molar-refractivity contribution in [1.82, 2.24) is 5.48 Å². The molecule has 1 rings (SSSR count). The molecule has 0 aromatic heterocycles. The highest BCUT2D eigenvalue weighted by molar-refractivity contribution is 5.85. The smallest absolute Gasteiger partial charge is 0.508 e. The molecular weight excluding hydrogens is 230 g/mol. The van der Waals surface area contributed by atoms with Crippen LogP contribution in [0.3, 0.4) is 0 Å². The number of hydrogen-bond donors (Lipinski definition) is 4. The summed E-state index contributed by atoms with van der Waals surface area (Å²) in [7, 11) is 0. The van der Waals surface area contributed by atoms with Crippen LogP contribution in [0.4, 0.5) is 4.79 Å². The third-order valence-corrected chi connectivity index (χ3v) is 2.00. The molecular formula is C10H11NO6. The number of aromatic hydroxyl groups is 1. The van der Waals surface area contributed by atoms with Gasteiger partial charge >= 0.3 is 12.1 Å². The number of phenols is 1. The van der Waals surface area contributed by atoms with E-state index in [4.69, 9.17) is 15.4 Å². The van der Waals surface area contributed by atoms with Crippen LogP contribution in [-0.4, -0.2) is 33.6 Å². The standard InChI is InChI=1S/C10H11NO6/c12-7-3-1-6(2-4-7)5-8(11-16)9(13)17-10(14)15/h1-4,8,11-12,16H,5H2,(H,14,15). The van der Waals surface area contributed by atoms with Gasteiger partial charge in [0.25, 0.3) is 0 Å². The first kappa shape index (κ1) is 12.9. The summed E-state index contributed by atoms with van der Waals surface area (Å²) in [6.45, 7) is 0. The molecule has 0 aliphatic carbocycles. The van der Waals surface area contributed by atoms with Crippen LogP contribution in [0.5, 0.6) is 5.75 Å². The molecule has 0 radical (unpaired) electrons. The van der Waals surface area contributed by atoms with Crippen LogP contribution in [0.15, 0.2) is 24.3 Å². The summed E-state index contributed by atoms with van der Waals surface area (Å²) in [4.78, 5) is 21.3. The van der Waals surface area contributed by atoms with Gasteiger partial charge in [-0.05, 0) is 17.7 Å². The third kappa shape index (κ3) is 4.09. The van der Waals surface area contributed by atoms with Gasteiger partial charge in [-0.2, -0.15) is 5.48 Å². The molecule has 1 unspecified atom stereocenters. The summed E-state index contributed by atoms with van der Waals surface area (Å²) < 4.78 is 3.91. The van der Waals surface area contributed by atoms with Gasteiger partial charge in [-0.25, -0.2) is 9.59 Å². The summed E-state index contributed by atoms with van der Waals surface area (Å²) in [5.74, 6) is -1.04. The van der Waals surface area contributed by atoms with Crippen molar-refractivity contribution in [1.29, 1.82) is 0 Å². The highest BCUT2D eigenvalue weighted by atomic mass is 16.7. The van der Waals surface area contributed by atoms with Crippen LogP contribution >= 0.6 is 0 Å². The van der Waals surface area contributed by atoms with Crippen molar-refractivity contribution in [2.24, 2.45) is 0 Å². The molecule has 1 aromatic rings. The number of benzene rings is 1. The number of rotatable bonds is 4. The van der Waals surface area contributed by atoms with Crippen LogP contribution in [0.2, 0.25) is 0 Å². The number of esters is 1. The fraction of sp³-hybridized carbons (Fsp3) is 0.200. The van der Waals surface area contributed by atoms with Crippen molar-refractivity contribution in [3.63, 3.8) is 0 Å². The molecule has 92 valence electrons. The zero-order valence-corrected chi connectivity index (χ0v) is 8.66. The maximum Gasteiger partial charge on any atom is 0.513 e. The average molecular weight is 241 g/mol. The Kier molecular flexibility index (Phi) is 4.44. The van der Waals surface area contributed by atoms with Crippen molar-refractivity contribution >= 4 is 12.1 Å². The second-order valence-electron chi connectivity index (χ2n) is 3.24. The van der Waals surface area contributed by atoms with Crippen molar-refractivity contribution in [2.75, 3.05) is 0 Å². The van der Waals surface area contributed by atoms with Gasteiger partial charge in [-0.3, -0.25) is 0 Å². The minimum absolute atomic E-state index is 0.0306. The summed E-state index contributed by atoms with van der Waals surface area (Å²) in [5.41, 5.74) is 2.29. The second-order valence-corrected chi connectivity index (χ2v) is 3.24. The van der Waals surface area contributed by atoms with E-state index in [-0.39, 0.29) is 12.2 Å². The summed E-state index contributed by atoms with van der Waals surface area (Å²) >= 11 is 0. The van der Waals surface area contributed by atoms with Gasteiger partial charge in [-0.15, -0.1) is 0 Å². The molecule has 0 bridgehead atoms. The van der Waals surface area contributed by atoms with E-state index in [2.05, 4.69) is 4.74 Å². The van der Waals surface area contributed by atoms with Crippen LogP contribution in [0, 0.1) is 0 Å². The van der Waals surface area contributed by atoms with Crippen LogP contribution in [0.1, 0.15) is 5.56 Å². The van der Waals surface area contributed by atoms with Crippen molar-refractivity contribution < 1.29 is 29.7 Å². The van der Waals surface area contributed by atoms with Gasteiger partial charge < -0.3 is 20.2 Å². The molecule has 4 N–H and O–H groups in total. The van der Waals surface area contributed by atoms with E-state index >= 15 is 0 Å². The van der Waals surface area contributed by atoms with Gasteiger partial charge in [0, 0.05) is 6.42 Å². The lowest BCUT2D eigenvalue weighted by molar-refractivity contribution is -0.144. The highest BCUT2D eigenvalue weighted by Crippen LogP contribution is 2.11. The maximum absolute atomic E-state index is 11.2. The van der Waals surface area contributed by atoms with E-state index in [0.717, 1.165) is 0 Å². The Morgan fingerprint density at radius 2 is 1.88 bits per heavy atom. The Balaban J connectivity index is 2.66. The summed E-state index contributed by atoms with van der Waals surface area (Å²) in [5, 5.41) is 26.0. The summed E-state index contributed by atoms with van der Waals surface area (Å²) in [6, 6.07) is 4.70. The molecule has 0 saturated carbocycles. The molecule has 0 saturated heterocycles. The van der Waals surface area contributed by atoms with Crippen molar-refractivity contribution in [3.05, 3.63) is 29.8 Å². The van der Waals surface area contributed by atoms with Crippen LogP contribution in [-0.2, 0) is 16.0 Å². The lowest BCUT2D eigenvalue weighted by Gasteiger charge is -2.12. The number of hydrogen-bond acceptors (Lipinski definition) is 6. The predicted octanol–water partition coefficient (Wildman–Crippen LogP) is 0.503. The fourth-order valence-corrected chi connectivity index (χ4v) is 1.21. The molecule has 0 fully saturated rings. The number of nitrogens with one attached hydrogen (secondary N) is 1. The van der Waals surface area contributed by atoms with Gasteiger partial charge in [-0.1, -0.05) is 12.1 Å². The Hall–Kier alpha value is -2.12. The van der Waals surface area contributed by atoms with E-state index in [1.54, 1.807) is 5.48 Å². The minimum Gasteiger partial charge on any atom is -0.508 e. The normalized spacial score (nSPS) is 11.8. The molecule has 17 heavy (non-hydrogen) atoms. The van der Waals surface area contributed by atoms with Crippen LogP contribution in [0.25, 0.3) is 0 Å². The van der Waals surface area contributed by atoms with E-state index in [1.165, 1.54) is 24.3 Å². The number of carbonyl (C=O) groups is 2. The van der Waals surface area contributed by atoms with Crippen molar-refractivity contribution in [3.8, 4) is 5.75 Å². The second kappa shape index (κ2) is 5.83. The van der Waals surface area contributed by atoms with Gasteiger partial charge in [0.1, 0.15) is 11.8 Å². The lowest BCUT2D eigenvalue weighted by atomic mass is 10.1. The van der Waals surface area contributed by atoms with E-state index < -0.39 is 18.2 Å². The molecule has 0 amide bonds. The number of ether oxygens (including phenoxy) is 1. The van der Waals surface area contributed by atoms with E-state index in [9.17, 15) is 9.59 Å². The molecule has 1 atom stereocenters. The molecule has 0 aliphatic rings. The first-order valence-electron chi connectivity index (χ1n) is 4.65. The molecule has 1 aromatic carbocycles. The Morgan fingerprint density at radius 3 is 2.35 bits per heavy atom. The SMILES string of the molecule is O=C(O)OC(=O)C(Cc1ccc(O)cc1)NO. The first-order valence-corrected chi connectivity index (χ1v) is 4.65. The lowest BCUT2D eigenvalue weighted by Crippen LogP contribution is -2.38. The topological polar surface area (TPSA) is 116 Å². The van der Waals surface area contributed by atoms with E-state index in [0.29, 0.717) is 5.56 Å². The Bertz CT molecular complexity index is 402. The Morgan fingerprint density at radius 1 is 1.29 bits per heavy atom. The van der Waals surface area contributed by atoms with E-state index in [1.807, 2.05) is 0 Å². The van der Waals surface area contributed by atoms with Crippen LogP contribution < -0.4 is 5.48 Å². The number of carbonyl (C=O) groups excluding carboxylic acids is 1. The molecule has 0 spiro atoms. The van der Waals surface area contributed by atoms with Gasteiger partial charge in [0.05, 0.1) is 0 Å². The number of phenolic OH excluding ortho intramolecular Hbond substituents is 1. The first-order chi connectivity index (χ1) is 8.02. The molecule has 0 heterocycles. The quantitative estimate of drug-likeness (QED) is 0.344. The highest BCUT2D eigenvalue weighted by Gasteiger charge is 2.22. The average Bonchev–Trinajstić information content (AvgIpc) is 2.27. The maximum atomic E-state index is 11.2. The monoisotopic (exact) mass is 241 g/mol. The van der Waals surface area contributed by atoms with Gasteiger partial charge in [0.15, 0.2) is 0 Å². The fourth-order valence-electron chi connectivity index (χ4n) is 1.21. The molecule has 7 heteroatoms.